The minimum atomic E-state index is -1.24. The molecule has 0 saturated carbocycles. The fourth-order valence-electron chi connectivity index (χ4n) is 4.03. The highest BCUT2D eigenvalue weighted by Crippen LogP contribution is 2.45. The Hall–Kier alpha value is -1.75. The van der Waals surface area contributed by atoms with Gasteiger partial charge in [-0.3, -0.25) is 4.79 Å². The van der Waals surface area contributed by atoms with E-state index in [2.05, 4.69) is 12.2 Å². The van der Waals surface area contributed by atoms with Crippen molar-refractivity contribution in [2.75, 3.05) is 40.1 Å². The predicted molar refractivity (Wildman–Crippen MR) is 120 cm³/mol. The Morgan fingerprint density at radius 2 is 1.85 bits per heavy atom. The van der Waals surface area contributed by atoms with E-state index in [1.165, 1.54) is 0 Å². The summed E-state index contributed by atoms with van der Waals surface area (Å²) in [5.74, 6) is -1.60. The second kappa shape index (κ2) is 11.6. The molecular formula is C24H37NO8. The summed E-state index contributed by atoms with van der Waals surface area (Å²) in [6.07, 6.45) is -0.0823. The maximum absolute atomic E-state index is 12.4. The molecule has 4 atom stereocenters. The SMILES string of the molecule is CCCCOCCOC[C@@]12O[C@@H](CNC(=O)Cc3ccc(OC)cc3)[C@@H](O)[C@@H]1OC(C)(C)O2. The summed E-state index contributed by atoms with van der Waals surface area (Å²) in [7, 11) is 1.59. The quantitative estimate of drug-likeness (QED) is 0.423. The first-order chi connectivity index (χ1) is 15.8. The smallest absolute Gasteiger partial charge is 0.224 e. The maximum atomic E-state index is 12.4. The van der Waals surface area contributed by atoms with E-state index >= 15 is 0 Å². The third kappa shape index (κ3) is 6.88. The highest BCUT2D eigenvalue weighted by Gasteiger charge is 2.64. The van der Waals surface area contributed by atoms with Gasteiger partial charge in [-0.25, -0.2) is 0 Å². The molecule has 3 rings (SSSR count). The molecule has 2 fully saturated rings. The molecule has 0 radical (unpaired) electrons. The average molecular weight is 468 g/mol. The fourth-order valence-corrected chi connectivity index (χ4v) is 4.03. The topological polar surface area (TPSA) is 105 Å². The van der Waals surface area contributed by atoms with Gasteiger partial charge < -0.3 is 38.8 Å². The number of benzene rings is 1. The van der Waals surface area contributed by atoms with Gasteiger partial charge in [0, 0.05) is 13.2 Å². The lowest BCUT2D eigenvalue weighted by molar-refractivity contribution is -0.277. The molecular weight excluding hydrogens is 430 g/mol. The number of nitrogens with one attached hydrogen (secondary N) is 1. The number of hydrogen-bond donors (Lipinski definition) is 2. The molecule has 2 aliphatic rings. The molecule has 9 heteroatoms. The Morgan fingerprint density at radius 1 is 1.12 bits per heavy atom. The van der Waals surface area contributed by atoms with Crippen molar-refractivity contribution in [1.29, 1.82) is 0 Å². The van der Waals surface area contributed by atoms with Gasteiger partial charge in [-0.05, 0) is 38.0 Å². The van der Waals surface area contributed by atoms with Gasteiger partial charge >= 0.3 is 0 Å². The average Bonchev–Trinajstić information content (AvgIpc) is 3.19. The molecule has 186 valence electrons. The first-order valence-corrected chi connectivity index (χ1v) is 11.6. The molecule has 1 aromatic rings. The molecule has 1 aromatic carbocycles. The number of unbranched alkanes of at least 4 members (excludes halogenated alkanes) is 1. The standard InChI is InChI=1S/C24H37NO8/c1-5-6-11-29-12-13-30-16-24-22(32-23(2,3)33-24)21(27)19(31-24)15-25-20(26)14-17-7-9-18(28-4)10-8-17/h7-10,19,21-22,27H,5-6,11-16H2,1-4H3,(H,25,26)/t19-,21+,22-,24-/m0/s1. The lowest BCUT2D eigenvalue weighted by Crippen LogP contribution is -2.45. The van der Waals surface area contributed by atoms with Crippen LogP contribution in [0, 0.1) is 0 Å². The third-order valence-electron chi connectivity index (χ3n) is 5.65. The molecule has 0 aromatic heterocycles. The van der Waals surface area contributed by atoms with Gasteiger partial charge in [-0.1, -0.05) is 25.5 Å². The van der Waals surface area contributed by atoms with Gasteiger partial charge in [-0.2, -0.15) is 0 Å². The first kappa shape index (κ1) is 25.9. The van der Waals surface area contributed by atoms with Crippen LogP contribution in [0.15, 0.2) is 24.3 Å². The molecule has 0 spiro atoms. The van der Waals surface area contributed by atoms with Gasteiger partial charge in [-0.15, -0.1) is 0 Å². The Labute approximate surface area is 195 Å². The Morgan fingerprint density at radius 3 is 2.55 bits per heavy atom. The van der Waals surface area contributed by atoms with E-state index in [0.717, 1.165) is 24.2 Å². The van der Waals surface area contributed by atoms with E-state index in [1.807, 2.05) is 24.3 Å². The molecule has 0 bridgehead atoms. The monoisotopic (exact) mass is 467 g/mol. The minimum Gasteiger partial charge on any atom is -0.497 e. The van der Waals surface area contributed by atoms with Crippen molar-refractivity contribution in [1.82, 2.24) is 5.32 Å². The number of fused-ring (bicyclic) bond motifs is 1. The highest BCUT2D eigenvalue weighted by atomic mass is 16.9. The van der Waals surface area contributed by atoms with Crippen molar-refractivity contribution in [3.8, 4) is 5.75 Å². The van der Waals surface area contributed by atoms with E-state index < -0.39 is 29.9 Å². The molecule has 0 unspecified atom stereocenters. The number of ether oxygens (including phenoxy) is 6. The molecule has 2 N–H and O–H groups in total. The van der Waals surface area contributed by atoms with Crippen LogP contribution in [-0.2, 0) is 34.9 Å². The second-order valence-electron chi connectivity index (χ2n) is 8.85. The molecule has 9 nitrogen and oxygen atoms in total. The Kier molecular flexibility index (Phi) is 9.09. The summed E-state index contributed by atoms with van der Waals surface area (Å²) >= 11 is 0. The molecule has 33 heavy (non-hydrogen) atoms. The van der Waals surface area contributed by atoms with Crippen LogP contribution in [0.4, 0.5) is 0 Å². The zero-order chi connectivity index (χ0) is 23.9. The van der Waals surface area contributed by atoms with Gasteiger partial charge in [0.25, 0.3) is 0 Å². The van der Waals surface area contributed by atoms with Crippen molar-refractivity contribution < 1.29 is 38.3 Å². The fraction of sp³-hybridized carbons (Fsp3) is 0.708. The van der Waals surface area contributed by atoms with Crippen LogP contribution in [-0.4, -0.2) is 81.0 Å². The summed E-state index contributed by atoms with van der Waals surface area (Å²) in [5.41, 5.74) is 0.859. The number of carbonyl (C=O) groups excluding carboxylic acids is 1. The largest absolute Gasteiger partial charge is 0.497 e. The Balaban J connectivity index is 1.50. The van der Waals surface area contributed by atoms with Crippen LogP contribution < -0.4 is 10.1 Å². The summed E-state index contributed by atoms with van der Waals surface area (Å²) in [6, 6.07) is 7.29. The second-order valence-corrected chi connectivity index (χ2v) is 8.85. The van der Waals surface area contributed by atoms with E-state index in [-0.39, 0.29) is 25.5 Å². The highest BCUT2D eigenvalue weighted by molar-refractivity contribution is 5.78. The number of carbonyl (C=O) groups is 1. The van der Waals surface area contributed by atoms with E-state index in [9.17, 15) is 9.90 Å². The van der Waals surface area contributed by atoms with Crippen molar-refractivity contribution in [3.05, 3.63) is 29.8 Å². The van der Waals surface area contributed by atoms with Crippen LogP contribution in [0.3, 0.4) is 0 Å². The maximum Gasteiger partial charge on any atom is 0.224 e. The first-order valence-electron chi connectivity index (χ1n) is 11.6. The molecule has 0 aliphatic carbocycles. The van der Waals surface area contributed by atoms with Crippen LogP contribution in [0.1, 0.15) is 39.2 Å². The molecule has 1 amide bonds. The number of rotatable bonds is 13. The van der Waals surface area contributed by atoms with Gasteiger partial charge in [0.1, 0.15) is 30.7 Å². The van der Waals surface area contributed by atoms with Crippen LogP contribution >= 0.6 is 0 Å². The number of amides is 1. The number of methoxy groups -OCH3 is 1. The van der Waals surface area contributed by atoms with Crippen molar-refractivity contribution in [3.63, 3.8) is 0 Å². The predicted octanol–water partition coefficient (Wildman–Crippen LogP) is 1.79. The van der Waals surface area contributed by atoms with Crippen molar-refractivity contribution in [2.45, 2.75) is 69.9 Å². The molecule has 2 aliphatic heterocycles. The van der Waals surface area contributed by atoms with Crippen LogP contribution in [0.5, 0.6) is 5.75 Å². The van der Waals surface area contributed by atoms with Crippen LogP contribution in [0.2, 0.25) is 0 Å². The number of aliphatic hydroxyl groups excluding tert-OH is 1. The minimum absolute atomic E-state index is 0.0889. The van der Waals surface area contributed by atoms with Crippen molar-refractivity contribution >= 4 is 5.91 Å². The van der Waals surface area contributed by atoms with Gasteiger partial charge in [0.05, 0.1) is 26.7 Å². The summed E-state index contributed by atoms with van der Waals surface area (Å²) in [5, 5.41) is 13.7. The summed E-state index contributed by atoms with van der Waals surface area (Å²) in [6.45, 7) is 7.41. The zero-order valence-corrected chi connectivity index (χ0v) is 20.0. The normalized spacial score (nSPS) is 28.0. The number of aliphatic hydroxyl groups is 1. The number of hydrogen-bond acceptors (Lipinski definition) is 8. The van der Waals surface area contributed by atoms with Gasteiger partial charge in [0.15, 0.2) is 5.79 Å². The van der Waals surface area contributed by atoms with Gasteiger partial charge in [0.2, 0.25) is 11.7 Å². The zero-order valence-electron chi connectivity index (χ0n) is 20.0. The van der Waals surface area contributed by atoms with Crippen molar-refractivity contribution in [2.24, 2.45) is 0 Å². The lowest BCUT2D eigenvalue weighted by atomic mass is 10.1. The molecule has 2 heterocycles. The Bertz CT molecular complexity index is 755. The third-order valence-corrected chi connectivity index (χ3v) is 5.65. The van der Waals surface area contributed by atoms with Crippen LogP contribution in [0.25, 0.3) is 0 Å². The lowest BCUT2D eigenvalue weighted by Gasteiger charge is -2.28. The van der Waals surface area contributed by atoms with E-state index in [0.29, 0.717) is 19.8 Å². The van der Waals surface area contributed by atoms with E-state index in [1.54, 1.807) is 21.0 Å². The summed E-state index contributed by atoms with van der Waals surface area (Å²) < 4.78 is 34.5. The van der Waals surface area contributed by atoms with E-state index in [4.69, 9.17) is 28.4 Å². The summed E-state index contributed by atoms with van der Waals surface area (Å²) in [4.78, 5) is 12.4. The molecule has 2 saturated heterocycles.